The fraction of sp³-hybridized carbons (Fsp3) is 0.625. The summed E-state index contributed by atoms with van der Waals surface area (Å²) >= 11 is 1.52. The van der Waals surface area contributed by atoms with E-state index in [9.17, 15) is 4.79 Å². The Hall–Kier alpha value is -0.520. The van der Waals surface area contributed by atoms with Gasteiger partial charge >= 0.3 is 0 Å². The first kappa shape index (κ1) is 10.6. The van der Waals surface area contributed by atoms with Crippen LogP contribution in [-0.2, 0) is 14.4 Å². The maximum absolute atomic E-state index is 11.2. The Morgan fingerprint density at radius 3 is 2.92 bits per heavy atom. The Labute approximate surface area is 81.6 Å². The lowest BCUT2D eigenvalue weighted by Crippen LogP contribution is -2.33. The summed E-state index contributed by atoms with van der Waals surface area (Å²) in [6, 6.07) is 0. The molecule has 13 heavy (non-hydrogen) atoms. The van der Waals surface area contributed by atoms with Crippen molar-refractivity contribution in [1.82, 2.24) is 5.48 Å². The van der Waals surface area contributed by atoms with E-state index < -0.39 is 4.93 Å². The number of hydrogen-bond donors (Lipinski definition) is 1. The van der Waals surface area contributed by atoms with Crippen molar-refractivity contribution in [3.8, 4) is 0 Å². The van der Waals surface area contributed by atoms with Crippen LogP contribution >= 0.6 is 11.8 Å². The maximum atomic E-state index is 11.2. The Kier molecular flexibility index (Phi) is 3.77. The second-order valence-corrected chi connectivity index (χ2v) is 3.97. The normalized spacial score (nSPS) is 26.3. The number of amides is 1. The molecule has 1 atom stereocenters. The van der Waals surface area contributed by atoms with E-state index in [1.165, 1.54) is 18.9 Å². The summed E-state index contributed by atoms with van der Waals surface area (Å²) in [4.78, 5) is 15.3. The van der Waals surface area contributed by atoms with Crippen LogP contribution in [0.15, 0.2) is 11.5 Å². The fourth-order valence-corrected chi connectivity index (χ4v) is 2.10. The Balaban J connectivity index is 2.44. The molecule has 0 saturated heterocycles. The van der Waals surface area contributed by atoms with Crippen molar-refractivity contribution in [1.29, 1.82) is 0 Å². The van der Waals surface area contributed by atoms with Crippen molar-refractivity contribution in [3.05, 3.63) is 11.5 Å². The van der Waals surface area contributed by atoms with Crippen LogP contribution in [0.1, 0.15) is 12.8 Å². The number of thioether (sulfide) groups is 1. The summed E-state index contributed by atoms with van der Waals surface area (Å²) in [6.45, 7) is 0. The van der Waals surface area contributed by atoms with Crippen LogP contribution in [0.4, 0.5) is 0 Å². The molecule has 1 rings (SSSR count). The molecule has 1 amide bonds. The predicted molar refractivity (Wildman–Crippen MR) is 50.9 cm³/mol. The van der Waals surface area contributed by atoms with Crippen LogP contribution in [0.5, 0.6) is 0 Å². The number of hydrogen-bond acceptors (Lipinski definition) is 4. The highest BCUT2D eigenvalue weighted by Gasteiger charge is 2.34. The zero-order chi connectivity index (χ0) is 9.73. The van der Waals surface area contributed by atoms with Crippen LogP contribution in [-0.4, -0.2) is 25.1 Å². The molecule has 1 heterocycles. The lowest BCUT2D eigenvalue weighted by molar-refractivity contribution is -0.134. The predicted octanol–water partition coefficient (Wildman–Crippen LogP) is 1.05. The second-order valence-electron chi connectivity index (χ2n) is 2.71. The zero-order valence-electron chi connectivity index (χ0n) is 7.70. The minimum Gasteiger partial charge on any atom is -0.366 e. The summed E-state index contributed by atoms with van der Waals surface area (Å²) in [6.07, 6.45) is 3.05. The summed E-state index contributed by atoms with van der Waals surface area (Å²) < 4.78 is 5.30. The number of ether oxygens (including phenoxy) is 1. The van der Waals surface area contributed by atoms with E-state index in [0.717, 1.165) is 6.42 Å². The van der Waals surface area contributed by atoms with E-state index in [-0.39, 0.29) is 5.91 Å². The third-order valence-corrected chi connectivity index (χ3v) is 3.06. The van der Waals surface area contributed by atoms with Crippen LogP contribution in [0, 0.1) is 0 Å². The van der Waals surface area contributed by atoms with E-state index in [1.54, 1.807) is 7.11 Å². The van der Waals surface area contributed by atoms with Gasteiger partial charge in [-0.05, 0) is 5.41 Å². The number of rotatable bonds is 4. The highest BCUT2D eigenvalue weighted by atomic mass is 32.2. The molecular weight excluding hydrogens is 190 g/mol. The summed E-state index contributed by atoms with van der Waals surface area (Å²) in [5.41, 5.74) is 2.27. The van der Waals surface area contributed by atoms with Gasteiger partial charge in [0.05, 0.1) is 13.5 Å². The quantitative estimate of drug-likeness (QED) is 0.694. The van der Waals surface area contributed by atoms with Gasteiger partial charge in [-0.25, -0.2) is 5.48 Å². The van der Waals surface area contributed by atoms with Gasteiger partial charge in [0, 0.05) is 13.5 Å². The average molecular weight is 203 g/mol. The van der Waals surface area contributed by atoms with Crippen molar-refractivity contribution in [2.75, 3.05) is 14.2 Å². The first-order chi connectivity index (χ1) is 6.22. The largest absolute Gasteiger partial charge is 0.366 e. The summed E-state index contributed by atoms with van der Waals surface area (Å²) in [5, 5.41) is 1.95. The summed E-state index contributed by atoms with van der Waals surface area (Å²) in [5.74, 6) is -0.166. The number of carbonyl (C=O) groups excluding carboxylic acids is 1. The van der Waals surface area contributed by atoms with Gasteiger partial charge < -0.3 is 4.74 Å². The number of methoxy groups -OCH3 is 1. The van der Waals surface area contributed by atoms with Crippen LogP contribution < -0.4 is 5.48 Å². The van der Waals surface area contributed by atoms with Gasteiger partial charge in [0.25, 0.3) is 0 Å². The average Bonchev–Trinajstić information content (AvgIpc) is 2.54. The van der Waals surface area contributed by atoms with E-state index in [0.29, 0.717) is 6.42 Å². The molecule has 0 fully saturated rings. The molecular formula is C8H13NO3S. The zero-order valence-corrected chi connectivity index (χ0v) is 8.52. The molecule has 0 bridgehead atoms. The molecule has 74 valence electrons. The third-order valence-electron chi connectivity index (χ3n) is 1.83. The molecule has 5 heteroatoms. The van der Waals surface area contributed by atoms with Crippen molar-refractivity contribution >= 4 is 17.7 Å². The minimum absolute atomic E-state index is 0.166. The number of carbonyl (C=O) groups is 1. The van der Waals surface area contributed by atoms with Crippen LogP contribution in [0.2, 0.25) is 0 Å². The molecule has 0 saturated carbocycles. The van der Waals surface area contributed by atoms with E-state index in [4.69, 9.17) is 4.74 Å². The van der Waals surface area contributed by atoms with Crippen molar-refractivity contribution in [2.45, 2.75) is 17.8 Å². The van der Waals surface area contributed by atoms with Crippen molar-refractivity contribution < 1.29 is 14.4 Å². The van der Waals surface area contributed by atoms with Gasteiger partial charge in [-0.1, -0.05) is 17.8 Å². The van der Waals surface area contributed by atoms with Crippen LogP contribution in [0.3, 0.4) is 0 Å². The van der Waals surface area contributed by atoms with Gasteiger partial charge in [0.2, 0.25) is 5.91 Å². The molecule has 0 aromatic carbocycles. The number of nitrogens with one attached hydrogen (secondary N) is 1. The number of hydroxylamine groups is 1. The van der Waals surface area contributed by atoms with Gasteiger partial charge in [-0.3, -0.25) is 9.63 Å². The standard InChI is InChI=1S/C8H13NO3S/c1-11-8(4-3-5-13-8)6-7(10)9-12-2/h3,5H,4,6H2,1-2H3,(H,9,10). The Morgan fingerprint density at radius 1 is 1.69 bits per heavy atom. The van der Waals surface area contributed by atoms with E-state index in [2.05, 4.69) is 10.3 Å². The smallest absolute Gasteiger partial charge is 0.247 e. The molecule has 0 radical (unpaired) electrons. The fourth-order valence-electron chi connectivity index (χ4n) is 1.16. The Morgan fingerprint density at radius 2 is 2.46 bits per heavy atom. The molecule has 0 aromatic heterocycles. The first-order valence-corrected chi connectivity index (χ1v) is 4.80. The van der Waals surface area contributed by atoms with Crippen molar-refractivity contribution in [2.24, 2.45) is 0 Å². The molecule has 1 unspecified atom stereocenters. The van der Waals surface area contributed by atoms with Gasteiger partial charge in [0.1, 0.15) is 4.93 Å². The van der Waals surface area contributed by atoms with Crippen LogP contribution in [0.25, 0.3) is 0 Å². The molecule has 0 aromatic rings. The minimum atomic E-state index is -0.428. The molecule has 1 aliphatic heterocycles. The molecule has 0 spiro atoms. The summed E-state index contributed by atoms with van der Waals surface area (Å²) in [7, 11) is 3.03. The maximum Gasteiger partial charge on any atom is 0.247 e. The highest BCUT2D eigenvalue weighted by Crippen LogP contribution is 2.39. The SMILES string of the molecule is CONC(=O)CC1(OC)CC=CS1. The van der Waals surface area contributed by atoms with Gasteiger partial charge in [-0.2, -0.15) is 0 Å². The Bertz CT molecular complexity index is 209. The first-order valence-electron chi connectivity index (χ1n) is 3.92. The lowest BCUT2D eigenvalue weighted by Gasteiger charge is -2.25. The second kappa shape index (κ2) is 4.64. The highest BCUT2D eigenvalue weighted by molar-refractivity contribution is 8.03. The lowest BCUT2D eigenvalue weighted by atomic mass is 10.1. The third kappa shape index (κ3) is 2.72. The molecule has 1 aliphatic rings. The molecule has 1 N–H and O–H groups in total. The molecule has 4 nitrogen and oxygen atoms in total. The molecule has 0 aliphatic carbocycles. The van der Waals surface area contributed by atoms with E-state index in [1.807, 2.05) is 11.5 Å². The topological polar surface area (TPSA) is 47.6 Å². The van der Waals surface area contributed by atoms with Crippen molar-refractivity contribution in [3.63, 3.8) is 0 Å². The van der Waals surface area contributed by atoms with Gasteiger partial charge in [0.15, 0.2) is 0 Å². The van der Waals surface area contributed by atoms with Gasteiger partial charge in [-0.15, -0.1) is 0 Å². The monoisotopic (exact) mass is 203 g/mol. The van der Waals surface area contributed by atoms with E-state index >= 15 is 0 Å².